The van der Waals surface area contributed by atoms with Gasteiger partial charge in [0.2, 0.25) is 0 Å². The van der Waals surface area contributed by atoms with Crippen LogP contribution in [0.15, 0.2) is 48.5 Å². The molecule has 0 amide bonds. The van der Waals surface area contributed by atoms with Gasteiger partial charge >= 0.3 is 0 Å². The van der Waals surface area contributed by atoms with E-state index in [-0.39, 0.29) is 0 Å². The number of hydrogen-bond acceptors (Lipinski definition) is 4. The first-order valence-electron chi connectivity index (χ1n) is 13.6. The molecule has 190 valence electrons. The van der Waals surface area contributed by atoms with Crippen LogP contribution >= 0.6 is 0 Å². The highest BCUT2D eigenvalue weighted by atomic mass is 14.9. The van der Waals surface area contributed by atoms with E-state index in [0.717, 1.165) is 52.4 Å². The lowest BCUT2D eigenvalue weighted by Crippen LogP contribution is -2.24. The molecule has 4 N–H and O–H groups in total. The molecule has 0 atom stereocenters. The summed E-state index contributed by atoms with van der Waals surface area (Å²) in [5.74, 6) is 1.21. The predicted molar refractivity (Wildman–Crippen MR) is 149 cm³/mol. The summed E-state index contributed by atoms with van der Waals surface area (Å²) in [6.45, 7) is 17.5. The van der Waals surface area contributed by atoms with Crippen molar-refractivity contribution in [2.24, 2.45) is 0 Å². The van der Waals surface area contributed by atoms with Gasteiger partial charge in [-0.2, -0.15) is 0 Å². The summed E-state index contributed by atoms with van der Waals surface area (Å²) in [5.41, 5.74) is 5.58. The van der Waals surface area contributed by atoms with Crippen molar-refractivity contribution in [3.05, 3.63) is 70.8 Å². The second-order valence-electron chi connectivity index (χ2n) is 10.1. The molecule has 0 aliphatic heterocycles. The fourth-order valence-electron chi connectivity index (χ4n) is 3.93. The van der Waals surface area contributed by atoms with Crippen LogP contribution in [0.25, 0.3) is 0 Å². The molecule has 0 heterocycles. The molecule has 2 aromatic carbocycles. The lowest BCUT2D eigenvalue weighted by Gasteiger charge is -2.09. The minimum atomic E-state index is 0.606. The average Bonchev–Trinajstić information content (AvgIpc) is 2.84. The van der Waals surface area contributed by atoms with E-state index in [1.54, 1.807) is 0 Å². The van der Waals surface area contributed by atoms with Gasteiger partial charge in [0, 0.05) is 13.1 Å². The van der Waals surface area contributed by atoms with Crippen LogP contribution in [0.1, 0.15) is 87.5 Å². The van der Waals surface area contributed by atoms with Gasteiger partial charge in [0.1, 0.15) is 0 Å². The molecule has 4 heteroatoms. The largest absolute Gasteiger partial charge is 0.317 e. The maximum atomic E-state index is 3.57. The second-order valence-corrected chi connectivity index (χ2v) is 10.1. The van der Waals surface area contributed by atoms with Gasteiger partial charge in [-0.3, -0.25) is 0 Å². The Balaban J connectivity index is 1.31. The fourth-order valence-corrected chi connectivity index (χ4v) is 3.93. The summed E-state index contributed by atoms with van der Waals surface area (Å²) in [5, 5.41) is 14.2. The van der Waals surface area contributed by atoms with Gasteiger partial charge in [-0.25, -0.2) is 0 Å². The molecule has 2 aromatic rings. The minimum Gasteiger partial charge on any atom is -0.317 e. The third-order valence-electron chi connectivity index (χ3n) is 6.32. The zero-order valence-electron chi connectivity index (χ0n) is 22.3. The number of hydrogen-bond donors (Lipinski definition) is 4. The summed E-state index contributed by atoms with van der Waals surface area (Å²) in [7, 11) is 0. The van der Waals surface area contributed by atoms with Gasteiger partial charge in [0.15, 0.2) is 0 Å². The van der Waals surface area contributed by atoms with E-state index in [1.165, 1.54) is 47.9 Å². The summed E-state index contributed by atoms with van der Waals surface area (Å²) in [6.07, 6.45) is 4.84. The first-order valence-corrected chi connectivity index (χ1v) is 13.6. The Labute approximate surface area is 209 Å². The van der Waals surface area contributed by atoms with E-state index in [0.29, 0.717) is 11.8 Å². The maximum absolute atomic E-state index is 3.57. The van der Waals surface area contributed by atoms with Gasteiger partial charge in [0.25, 0.3) is 0 Å². The molecule has 0 fully saturated rings. The molecular weight excluding hydrogens is 416 g/mol. The fraction of sp³-hybridized carbons (Fsp3) is 0.600. The van der Waals surface area contributed by atoms with E-state index >= 15 is 0 Å². The third-order valence-corrected chi connectivity index (χ3v) is 6.32. The Hall–Kier alpha value is -1.72. The summed E-state index contributed by atoms with van der Waals surface area (Å²) in [6, 6.07) is 18.0. The highest BCUT2D eigenvalue weighted by Crippen LogP contribution is 2.15. The number of rotatable bonds is 19. The van der Waals surface area contributed by atoms with Crippen LogP contribution in [0.2, 0.25) is 0 Å². The van der Waals surface area contributed by atoms with Crippen LogP contribution in [0.5, 0.6) is 0 Å². The van der Waals surface area contributed by atoms with Crippen molar-refractivity contribution in [3.63, 3.8) is 0 Å². The molecule has 0 unspecified atom stereocenters. The summed E-state index contributed by atoms with van der Waals surface area (Å²) in [4.78, 5) is 0. The van der Waals surface area contributed by atoms with E-state index in [4.69, 9.17) is 0 Å². The first kappa shape index (κ1) is 28.5. The Morgan fingerprint density at radius 3 is 1.12 bits per heavy atom. The zero-order valence-corrected chi connectivity index (χ0v) is 22.3. The first-order chi connectivity index (χ1) is 16.6. The van der Waals surface area contributed by atoms with Gasteiger partial charge in [-0.05, 0) is 99.0 Å². The van der Waals surface area contributed by atoms with E-state index < -0.39 is 0 Å². The van der Waals surface area contributed by atoms with Gasteiger partial charge < -0.3 is 21.3 Å². The molecule has 0 spiro atoms. The molecule has 0 bridgehead atoms. The van der Waals surface area contributed by atoms with Crippen LogP contribution < -0.4 is 21.3 Å². The number of benzene rings is 2. The summed E-state index contributed by atoms with van der Waals surface area (Å²) < 4.78 is 0. The van der Waals surface area contributed by atoms with Crippen molar-refractivity contribution in [1.82, 2.24) is 21.3 Å². The van der Waals surface area contributed by atoms with Crippen molar-refractivity contribution in [1.29, 1.82) is 0 Å². The SMILES string of the molecule is CC(C)c1ccc(CNCCCNCCCCNCCCNCc2ccc(C(C)C)cc2)cc1. The smallest absolute Gasteiger partial charge is 0.0205 e. The van der Waals surface area contributed by atoms with E-state index in [9.17, 15) is 0 Å². The van der Waals surface area contributed by atoms with Gasteiger partial charge in [-0.15, -0.1) is 0 Å². The van der Waals surface area contributed by atoms with Crippen LogP contribution in [-0.2, 0) is 13.1 Å². The average molecular weight is 467 g/mol. The lowest BCUT2D eigenvalue weighted by atomic mass is 10.0. The van der Waals surface area contributed by atoms with Crippen LogP contribution in [0, 0.1) is 0 Å². The monoisotopic (exact) mass is 466 g/mol. The van der Waals surface area contributed by atoms with Crippen molar-refractivity contribution >= 4 is 0 Å². The Kier molecular flexibility index (Phi) is 14.8. The minimum absolute atomic E-state index is 0.606. The van der Waals surface area contributed by atoms with Crippen molar-refractivity contribution in [2.45, 2.75) is 78.3 Å². The molecule has 34 heavy (non-hydrogen) atoms. The molecule has 0 radical (unpaired) electrons. The Morgan fingerprint density at radius 2 is 0.765 bits per heavy atom. The zero-order chi connectivity index (χ0) is 24.4. The van der Waals surface area contributed by atoms with Crippen molar-refractivity contribution < 1.29 is 0 Å². The molecule has 0 saturated carbocycles. The van der Waals surface area contributed by atoms with Crippen molar-refractivity contribution in [2.75, 3.05) is 39.3 Å². The standard InChI is InChI=1S/C30H50N4/c1-25(2)29-13-9-27(10-14-29)23-33-21-7-19-31-17-5-6-18-32-20-8-22-34-24-28-11-15-30(16-12-28)26(3)4/h9-16,25-26,31-34H,5-8,17-24H2,1-4H3. The maximum Gasteiger partial charge on any atom is 0.0205 e. The molecule has 0 saturated heterocycles. The summed E-state index contributed by atoms with van der Waals surface area (Å²) >= 11 is 0. The number of nitrogens with one attached hydrogen (secondary N) is 4. The molecular formula is C30H50N4. The molecule has 0 aliphatic carbocycles. The second kappa shape index (κ2) is 17.7. The topological polar surface area (TPSA) is 48.1 Å². The van der Waals surface area contributed by atoms with E-state index in [2.05, 4.69) is 97.5 Å². The van der Waals surface area contributed by atoms with Crippen LogP contribution in [-0.4, -0.2) is 39.3 Å². The Bertz CT molecular complexity index is 672. The highest BCUT2D eigenvalue weighted by Gasteiger charge is 2.00. The van der Waals surface area contributed by atoms with Crippen LogP contribution in [0.3, 0.4) is 0 Å². The van der Waals surface area contributed by atoms with Crippen molar-refractivity contribution in [3.8, 4) is 0 Å². The predicted octanol–water partition coefficient (Wildman–Crippen LogP) is 5.55. The quantitative estimate of drug-likeness (QED) is 0.205. The molecule has 4 nitrogen and oxygen atoms in total. The van der Waals surface area contributed by atoms with Gasteiger partial charge in [0.05, 0.1) is 0 Å². The Morgan fingerprint density at radius 1 is 0.441 bits per heavy atom. The lowest BCUT2D eigenvalue weighted by molar-refractivity contribution is 0.547. The third kappa shape index (κ3) is 12.7. The highest BCUT2D eigenvalue weighted by molar-refractivity contribution is 5.25. The van der Waals surface area contributed by atoms with Crippen LogP contribution in [0.4, 0.5) is 0 Å². The van der Waals surface area contributed by atoms with E-state index in [1.807, 2.05) is 0 Å². The normalized spacial score (nSPS) is 11.6. The molecule has 0 aliphatic rings. The molecule has 2 rings (SSSR count). The van der Waals surface area contributed by atoms with Gasteiger partial charge in [-0.1, -0.05) is 76.2 Å². The molecule has 0 aromatic heterocycles. The number of unbranched alkanes of at least 4 members (excludes halogenated alkanes) is 1.